The van der Waals surface area contributed by atoms with Crippen molar-refractivity contribution in [3.63, 3.8) is 0 Å². The van der Waals surface area contributed by atoms with Gasteiger partial charge in [-0.05, 0) is 39.3 Å². The zero-order chi connectivity index (χ0) is 23.4. The van der Waals surface area contributed by atoms with Gasteiger partial charge >= 0.3 is 5.97 Å². The van der Waals surface area contributed by atoms with Gasteiger partial charge in [0, 0.05) is 17.0 Å². The average Bonchev–Trinajstić information content (AvgIpc) is 3.20. The van der Waals surface area contributed by atoms with Crippen LogP contribution in [0.2, 0.25) is 0 Å². The van der Waals surface area contributed by atoms with Crippen molar-refractivity contribution in [2.45, 2.75) is 44.6 Å². The molecule has 2 aromatic carbocycles. The van der Waals surface area contributed by atoms with Crippen LogP contribution in [-0.4, -0.2) is 33.9 Å². The van der Waals surface area contributed by atoms with Gasteiger partial charge in [-0.2, -0.15) is 4.98 Å². The smallest absolute Gasteiger partial charge is 0.338 e. The summed E-state index contributed by atoms with van der Waals surface area (Å²) in [6.07, 6.45) is 0. The minimum Gasteiger partial charge on any atom is -0.494 e. The molecule has 8 heteroatoms. The third-order valence-corrected chi connectivity index (χ3v) is 6.20. The van der Waals surface area contributed by atoms with Crippen molar-refractivity contribution >= 4 is 23.7 Å². The quantitative estimate of drug-likeness (QED) is 0.366. The zero-order valence-electron chi connectivity index (χ0n) is 19.3. The van der Waals surface area contributed by atoms with E-state index in [9.17, 15) is 4.79 Å². The Kier molecular flexibility index (Phi) is 7.03. The van der Waals surface area contributed by atoms with E-state index < -0.39 is 6.04 Å². The molecule has 4 rings (SSSR count). The molecule has 0 amide bonds. The van der Waals surface area contributed by atoms with Crippen LogP contribution in [0.5, 0.6) is 5.75 Å². The first-order chi connectivity index (χ1) is 16.0. The topological polar surface area (TPSA) is 78.3 Å². The van der Waals surface area contributed by atoms with Crippen LogP contribution < -0.4 is 10.1 Å². The Balaban J connectivity index is 1.73. The number of esters is 1. The number of para-hydroxylation sites is 1. The highest BCUT2D eigenvalue weighted by atomic mass is 32.2. The molecule has 0 spiro atoms. The van der Waals surface area contributed by atoms with Crippen molar-refractivity contribution in [1.82, 2.24) is 14.8 Å². The number of aromatic nitrogens is 3. The van der Waals surface area contributed by atoms with Crippen molar-refractivity contribution in [3.8, 4) is 5.75 Å². The van der Waals surface area contributed by atoms with Crippen LogP contribution >= 0.6 is 11.8 Å². The van der Waals surface area contributed by atoms with Crippen molar-refractivity contribution in [1.29, 1.82) is 0 Å². The summed E-state index contributed by atoms with van der Waals surface area (Å²) in [5.74, 6) is 1.66. The lowest BCUT2D eigenvalue weighted by Crippen LogP contribution is -2.30. The molecule has 0 saturated heterocycles. The third kappa shape index (κ3) is 4.90. The Bertz CT molecular complexity index is 1190. The van der Waals surface area contributed by atoms with Gasteiger partial charge in [0.25, 0.3) is 0 Å². The number of aryl methyl sites for hydroxylation is 1. The molecule has 1 aliphatic rings. The van der Waals surface area contributed by atoms with Crippen LogP contribution in [0, 0.1) is 6.92 Å². The van der Waals surface area contributed by atoms with Crippen molar-refractivity contribution in [3.05, 3.63) is 76.5 Å². The van der Waals surface area contributed by atoms with E-state index in [0.29, 0.717) is 34.7 Å². The van der Waals surface area contributed by atoms with E-state index in [1.807, 2.05) is 38.1 Å². The molecule has 1 aromatic heterocycles. The zero-order valence-corrected chi connectivity index (χ0v) is 20.1. The number of hydrogen-bond donors (Lipinski definition) is 1. The summed E-state index contributed by atoms with van der Waals surface area (Å²) in [5, 5.41) is 8.66. The average molecular weight is 465 g/mol. The SMILES string of the molecule is CCOC(=O)C1=C(C)Nc2nc(SCc3cccc(C)c3)nn2[C@H]1c1ccccc1OCC. The van der Waals surface area contributed by atoms with Crippen LogP contribution in [0.4, 0.5) is 5.95 Å². The minimum atomic E-state index is -0.510. The van der Waals surface area contributed by atoms with Gasteiger partial charge in [-0.15, -0.1) is 5.10 Å². The Morgan fingerprint density at radius 3 is 2.70 bits per heavy atom. The van der Waals surface area contributed by atoms with Crippen LogP contribution in [0.3, 0.4) is 0 Å². The molecule has 1 N–H and O–H groups in total. The van der Waals surface area contributed by atoms with Crippen LogP contribution in [0.15, 0.2) is 65.0 Å². The molecule has 3 aromatic rings. The van der Waals surface area contributed by atoms with Gasteiger partial charge in [0.2, 0.25) is 11.1 Å². The van der Waals surface area contributed by atoms with Crippen LogP contribution in [0.1, 0.15) is 43.5 Å². The van der Waals surface area contributed by atoms with Crippen molar-refractivity contribution in [2.24, 2.45) is 0 Å². The molecule has 0 unspecified atom stereocenters. The first-order valence-electron chi connectivity index (χ1n) is 11.0. The lowest BCUT2D eigenvalue weighted by molar-refractivity contribution is -0.139. The molecular weight excluding hydrogens is 436 g/mol. The summed E-state index contributed by atoms with van der Waals surface area (Å²) in [7, 11) is 0. The van der Waals surface area contributed by atoms with E-state index in [1.54, 1.807) is 23.4 Å². The first-order valence-corrected chi connectivity index (χ1v) is 12.0. The molecule has 1 aliphatic heterocycles. The second-order valence-electron chi connectivity index (χ2n) is 7.70. The fourth-order valence-electron chi connectivity index (χ4n) is 3.90. The number of carbonyl (C=O) groups excluding carboxylic acids is 1. The van der Waals surface area contributed by atoms with E-state index in [-0.39, 0.29) is 12.6 Å². The van der Waals surface area contributed by atoms with Crippen molar-refractivity contribution < 1.29 is 14.3 Å². The summed E-state index contributed by atoms with van der Waals surface area (Å²) in [5.41, 5.74) is 4.46. The van der Waals surface area contributed by atoms with Gasteiger partial charge in [0.05, 0.1) is 18.8 Å². The number of nitrogens with zero attached hydrogens (tertiary/aromatic N) is 3. The summed E-state index contributed by atoms with van der Waals surface area (Å²) in [4.78, 5) is 17.7. The number of ether oxygens (including phenoxy) is 2. The highest BCUT2D eigenvalue weighted by Crippen LogP contribution is 2.40. The molecule has 33 heavy (non-hydrogen) atoms. The van der Waals surface area contributed by atoms with E-state index in [2.05, 4.69) is 36.5 Å². The lowest BCUT2D eigenvalue weighted by Gasteiger charge is -2.29. The van der Waals surface area contributed by atoms with Crippen molar-refractivity contribution in [2.75, 3.05) is 18.5 Å². The molecular formula is C25H28N4O3S. The van der Waals surface area contributed by atoms with Gasteiger partial charge in [-0.3, -0.25) is 0 Å². The Labute approximate surface area is 198 Å². The standard InChI is InChI=1S/C25H28N4O3S/c1-5-31-20-13-8-7-12-19(20)22-21(23(30)32-6-2)17(4)26-24-27-25(28-29(22)24)33-15-18-11-9-10-16(3)14-18/h7-14,22H,5-6,15H2,1-4H3,(H,26,27,28)/t22-/m0/s1. The van der Waals surface area contributed by atoms with Gasteiger partial charge in [-0.1, -0.05) is 59.8 Å². The monoisotopic (exact) mass is 464 g/mol. The maximum atomic E-state index is 13.0. The number of anilines is 1. The van der Waals surface area contributed by atoms with Gasteiger partial charge in [0.15, 0.2) is 0 Å². The maximum absolute atomic E-state index is 13.0. The van der Waals surface area contributed by atoms with Crippen LogP contribution in [-0.2, 0) is 15.3 Å². The molecule has 0 bridgehead atoms. The van der Waals surface area contributed by atoms with E-state index in [1.165, 1.54) is 11.1 Å². The Morgan fingerprint density at radius 2 is 1.94 bits per heavy atom. The van der Waals surface area contributed by atoms with E-state index in [4.69, 9.17) is 19.6 Å². The van der Waals surface area contributed by atoms with Gasteiger partial charge < -0.3 is 14.8 Å². The molecule has 0 fully saturated rings. The summed E-state index contributed by atoms with van der Waals surface area (Å²) < 4.78 is 13.0. The highest BCUT2D eigenvalue weighted by Gasteiger charge is 2.36. The third-order valence-electron chi connectivity index (χ3n) is 5.29. The first kappa shape index (κ1) is 22.9. The molecule has 0 radical (unpaired) electrons. The lowest BCUT2D eigenvalue weighted by atomic mass is 9.95. The Morgan fingerprint density at radius 1 is 1.12 bits per heavy atom. The number of benzene rings is 2. The summed E-state index contributed by atoms with van der Waals surface area (Å²) >= 11 is 1.56. The number of carbonyl (C=O) groups is 1. The Hall–Kier alpha value is -3.26. The van der Waals surface area contributed by atoms with E-state index >= 15 is 0 Å². The molecule has 7 nitrogen and oxygen atoms in total. The number of fused-ring (bicyclic) bond motifs is 1. The minimum absolute atomic E-state index is 0.289. The largest absolute Gasteiger partial charge is 0.494 e. The summed E-state index contributed by atoms with van der Waals surface area (Å²) in [6, 6.07) is 15.6. The number of allylic oxidation sites excluding steroid dienone is 1. The number of rotatable bonds is 8. The molecule has 1 atom stereocenters. The number of hydrogen-bond acceptors (Lipinski definition) is 7. The van der Waals surface area contributed by atoms with E-state index in [0.717, 1.165) is 11.3 Å². The summed E-state index contributed by atoms with van der Waals surface area (Å²) in [6.45, 7) is 8.48. The normalized spacial score (nSPS) is 15.1. The fourth-order valence-corrected chi connectivity index (χ4v) is 4.67. The van der Waals surface area contributed by atoms with Crippen LogP contribution in [0.25, 0.3) is 0 Å². The predicted molar refractivity (Wildman–Crippen MR) is 129 cm³/mol. The molecule has 2 heterocycles. The molecule has 0 saturated carbocycles. The molecule has 0 aliphatic carbocycles. The second-order valence-corrected chi connectivity index (χ2v) is 8.64. The number of thioether (sulfide) groups is 1. The highest BCUT2D eigenvalue weighted by molar-refractivity contribution is 7.98. The van der Waals surface area contributed by atoms with Gasteiger partial charge in [0.1, 0.15) is 11.8 Å². The number of nitrogens with one attached hydrogen (secondary N) is 1. The van der Waals surface area contributed by atoms with Gasteiger partial charge in [-0.25, -0.2) is 9.48 Å². The predicted octanol–water partition coefficient (Wildman–Crippen LogP) is 5.13. The maximum Gasteiger partial charge on any atom is 0.338 e. The molecule has 172 valence electrons. The second kappa shape index (κ2) is 10.1. The fraction of sp³-hybridized carbons (Fsp3) is 0.320.